The van der Waals surface area contributed by atoms with Crippen LogP contribution in [0.3, 0.4) is 0 Å². The Labute approximate surface area is 94.0 Å². The number of aryl methyl sites for hydroxylation is 1. The first-order chi connectivity index (χ1) is 7.61. The second-order valence-corrected chi connectivity index (χ2v) is 3.37. The number of anilines is 1. The quantitative estimate of drug-likeness (QED) is 0.593. The molecule has 0 bridgehead atoms. The smallest absolute Gasteiger partial charge is 0.238 e. The van der Waals surface area contributed by atoms with E-state index >= 15 is 0 Å². The number of terminal acetylenes is 1. The average Bonchev–Trinajstić information content (AvgIpc) is 2.16. The van der Waals surface area contributed by atoms with Crippen molar-refractivity contribution in [1.29, 1.82) is 0 Å². The predicted octanol–water partition coefficient (Wildman–Crippen LogP) is 1.30. The maximum Gasteiger partial charge on any atom is 0.238 e. The molecule has 16 heavy (non-hydrogen) atoms. The lowest BCUT2D eigenvalue weighted by molar-refractivity contribution is -0.115. The van der Waals surface area contributed by atoms with Crippen LogP contribution in [-0.4, -0.2) is 19.0 Å². The van der Waals surface area contributed by atoms with Gasteiger partial charge in [-0.25, -0.2) is 4.39 Å². The van der Waals surface area contributed by atoms with Crippen LogP contribution in [0.15, 0.2) is 18.2 Å². The highest BCUT2D eigenvalue weighted by atomic mass is 19.1. The van der Waals surface area contributed by atoms with Crippen LogP contribution in [0, 0.1) is 25.1 Å². The molecule has 4 heteroatoms. The average molecular weight is 220 g/mol. The summed E-state index contributed by atoms with van der Waals surface area (Å²) < 4.78 is 13.0. The van der Waals surface area contributed by atoms with Gasteiger partial charge in [-0.2, -0.15) is 0 Å². The highest BCUT2D eigenvalue weighted by molar-refractivity contribution is 5.92. The molecule has 3 nitrogen and oxygen atoms in total. The van der Waals surface area contributed by atoms with Gasteiger partial charge >= 0.3 is 0 Å². The Morgan fingerprint density at radius 1 is 1.50 bits per heavy atom. The lowest BCUT2D eigenvalue weighted by Gasteiger charge is -2.06. The second-order valence-electron chi connectivity index (χ2n) is 3.37. The van der Waals surface area contributed by atoms with E-state index in [4.69, 9.17) is 6.42 Å². The van der Waals surface area contributed by atoms with Gasteiger partial charge in [0.2, 0.25) is 5.91 Å². The number of carbonyl (C=O) groups is 1. The monoisotopic (exact) mass is 220 g/mol. The van der Waals surface area contributed by atoms with E-state index in [2.05, 4.69) is 16.6 Å². The minimum atomic E-state index is -0.369. The highest BCUT2D eigenvalue weighted by Gasteiger charge is 2.03. The van der Waals surface area contributed by atoms with Gasteiger partial charge in [-0.1, -0.05) is 5.92 Å². The van der Waals surface area contributed by atoms with E-state index in [0.717, 1.165) is 5.56 Å². The normalized spacial score (nSPS) is 9.56. The number of nitrogens with one attached hydrogen (secondary N) is 2. The highest BCUT2D eigenvalue weighted by Crippen LogP contribution is 2.12. The Balaban J connectivity index is 2.53. The molecule has 0 aliphatic heterocycles. The van der Waals surface area contributed by atoms with Gasteiger partial charge in [0.05, 0.1) is 13.1 Å². The summed E-state index contributed by atoms with van der Waals surface area (Å²) in [5.41, 5.74) is 1.21. The molecule has 0 saturated carbocycles. The Morgan fingerprint density at radius 3 is 2.88 bits per heavy atom. The molecule has 84 valence electrons. The molecule has 2 N–H and O–H groups in total. The van der Waals surface area contributed by atoms with Crippen LogP contribution in [0.4, 0.5) is 10.1 Å². The Hall–Kier alpha value is -1.86. The van der Waals surface area contributed by atoms with Crippen LogP contribution in [0.1, 0.15) is 5.56 Å². The molecule has 0 saturated heterocycles. The van der Waals surface area contributed by atoms with Gasteiger partial charge in [-0.15, -0.1) is 6.42 Å². The summed E-state index contributed by atoms with van der Waals surface area (Å²) in [4.78, 5) is 11.3. The van der Waals surface area contributed by atoms with E-state index in [-0.39, 0.29) is 18.3 Å². The number of benzene rings is 1. The lowest BCUT2D eigenvalue weighted by Crippen LogP contribution is -2.28. The number of hydrogen-bond donors (Lipinski definition) is 2. The minimum Gasteiger partial charge on any atom is -0.325 e. The summed E-state index contributed by atoms with van der Waals surface area (Å²) in [6, 6.07) is 4.36. The first kappa shape index (κ1) is 12.2. The predicted molar refractivity (Wildman–Crippen MR) is 61.5 cm³/mol. The van der Waals surface area contributed by atoms with E-state index in [1.54, 1.807) is 13.0 Å². The van der Waals surface area contributed by atoms with Crippen molar-refractivity contribution in [3.8, 4) is 12.3 Å². The van der Waals surface area contributed by atoms with Crippen molar-refractivity contribution in [2.75, 3.05) is 18.4 Å². The Kier molecular flexibility index (Phi) is 4.49. The van der Waals surface area contributed by atoms with Gasteiger partial charge in [-0.05, 0) is 30.7 Å². The SMILES string of the molecule is C#CCNCC(=O)Nc1cc(C)cc(F)c1. The first-order valence-corrected chi connectivity index (χ1v) is 4.83. The molecule has 1 aromatic carbocycles. The summed E-state index contributed by atoms with van der Waals surface area (Å²) in [5, 5.41) is 5.31. The lowest BCUT2D eigenvalue weighted by atomic mass is 10.2. The molecule has 0 radical (unpaired) electrons. The maximum absolute atomic E-state index is 13.0. The fourth-order valence-corrected chi connectivity index (χ4v) is 1.26. The second kappa shape index (κ2) is 5.89. The molecule has 1 rings (SSSR count). The van der Waals surface area contributed by atoms with E-state index < -0.39 is 0 Å². The summed E-state index contributed by atoms with van der Waals surface area (Å²) in [6.45, 7) is 2.20. The third-order valence-corrected chi connectivity index (χ3v) is 1.84. The molecule has 0 aliphatic rings. The van der Waals surface area contributed by atoms with Gasteiger partial charge < -0.3 is 5.32 Å². The van der Waals surface area contributed by atoms with E-state index in [9.17, 15) is 9.18 Å². The molecular weight excluding hydrogens is 207 g/mol. The van der Waals surface area contributed by atoms with Crippen molar-refractivity contribution in [3.05, 3.63) is 29.6 Å². The molecular formula is C12H13FN2O. The van der Waals surface area contributed by atoms with Crippen molar-refractivity contribution < 1.29 is 9.18 Å². The fourth-order valence-electron chi connectivity index (χ4n) is 1.26. The van der Waals surface area contributed by atoms with Gasteiger partial charge in [0, 0.05) is 5.69 Å². The molecule has 0 aliphatic carbocycles. The van der Waals surface area contributed by atoms with Crippen molar-refractivity contribution in [3.63, 3.8) is 0 Å². The molecule has 0 atom stereocenters. The number of carbonyl (C=O) groups excluding carboxylic acids is 1. The van der Waals surface area contributed by atoms with Crippen LogP contribution < -0.4 is 10.6 Å². The summed E-state index contributed by atoms with van der Waals surface area (Å²) >= 11 is 0. The van der Waals surface area contributed by atoms with Crippen molar-refractivity contribution in [1.82, 2.24) is 5.32 Å². The number of rotatable bonds is 4. The summed E-state index contributed by atoms with van der Waals surface area (Å²) in [7, 11) is 0. The Morgan fingerprint density at radius 2 is 2.25 bits per heavy atom. The third kappa shape index (κ3) is 4.11. The minimum absolute atomic E-state index is 0.111. The third-order valence-electron chi connectivity index (χ3n) is 1.84. The van der Waals surface area contributed by atoms with Gasteiger partial charge in [0.1, 0.15) is 5.82 Å². The fraction of sp³-hybridized carbons (Fsp3) is 0.250. The van der Waals surface area contributed by atoms with Crippen molar-refractivity contribution in [2.45, 2.75) is 6.92 Å². The molecule has 0 fully saturated rings. The topological polar surface area (TPSA) is 41.1 Å². The number of amides is 1. The molecule has 1 amide bonds. The zero-order valence-electron chi connectivity index (χ0n) is 9.01. The van der Waals surface area contributed by atoms with E-state index in [0.29, 0.717) is 12.2 Å². The number of halogens is 1. The van der Waals surface area contributed by atoms with E-state index in [1.165, 1.54) is 12.1 Å². The maximum atomic E-state index is 13.0. The van der Waals surface area contributed by atoms with Crippen LogP contribution in [0.2, 0.25) is 0 Å². The molecule has 0 aromatic heterocycles. The van der Waals surface area contributed by atoms with Crippen molar-refractivity contribution in [2.24, 2.45) is 0 Å². The van der Waals surface area contributed by atoms with Crippen LogP contribution in [0.25, 0.3) is 0 Å². The van der Waals surface area contributed by atoms with Crippen LogP contribution in [-0.2, 0) is 4.79 Å². The molecule has 1 aromatic rings. The number of hydrogen-bond acceptors (Lipinski definition) is 2. The van der Waals surface area contributed by atoms with Crippen LogP contribution in [0.5, 0.6) is 0 Å². The first-order valence-electron chi connectivity index (χ1n) is 4.83. The standard InChI is InChI=1S/C12H13FN2O/c1-3-4-14-8-12(16)15-11-6-9(2)5-10(13)7-11/h1,5-7,14H,4,8H2,2H3,(H,15,16). The zero-order valence-corrected chi connectivity index (χ0v) is 9.01. The zero-order chi connectivity index (χ0) is 12.0. The molecule has 0 spiro atoms. The van der Waals surface area contributed by atoms with E-state index in [1.807, 2.05) is 0 Å². The van der Waals surface area contributed by atoms with Crippen molar-refractivity contribution >= 4 is 11.6 Å². The largest absolute Gasteiger partial charge is 0.325 e. The molecule has 0 heterocycles. The van der Waals surface area contributed by atoms with Crippen LogP contribution >= 0.6 is 0 Å². The Bertz CT molecular complexity index is 403. The van der Waals surface area contributed by atoms with Gasteiger partial charge in [0.25, 0.3) is 0 Å². The summed E-state index contributed by atoms with van der Waals surface area (Å²) in [5.74, 6) is 1.74. The van der Waals surface area contributed by atoms with Gasteiger partial charge in [-0.3, -0.25) is 10.1 Å². The summed E-state index contributed by atoms with van der Waals surface area (Å²) in [6.07, 6.45) is 5.01. The van der Waals surface area contributed by atoms with Gasteiger partial charge in [0.15, 0.2) is 0 Å². The molecule has 0 unspecified atom stereocenters.